The Kier molecular flexibility index (Phi) is 3.18. The molecule has 3 fully saturated rings. The molecule has 3 nitrogen and oxygen atoms in total. The smallest absolute Gasteiger partial charge is 0.0224 e. The molecule has 2 N–H and O–H groups in total. The van der Waals surface area contributed by atoms with Gasteiger partial charge in [0.1, 0.15) is 0 Å². The average Bonchev–Trinajstić information content (AvgIpc) is 2.77. The zero-order valence-corrected chi connectivity index (χ0v) is 10.3. The van der Waals surface area contributed by atoms with Crippen LogP contribution in [0.5, 0.6) is 0 Å². The van der Waals surface area contributed by atoms with E-state index in [0.29, 0.717) is 6.04 Å². The van der Waals surface area contributed by atoms with Crippen molar-refractivity contribution in [2.45, 2.75) is 56.7 Å². The van der Waals surface area contributed by atoms with Gasteiger partial charge >= 0.3 is 0 Å². The molecule has 1 atom stereocenters. The molecule has 0 amide bonds. The van der Waals surface area contributed by atoms with Crippen LogP contribution >= 0.6 is 0 Å². The van der Waals surface area contributed by atoms with E-state index >= 15 is 0 Å². The average molecular weight is 223 g/mol. The molecule has 16 heavy (non-hydrogen) atoms. The highest BCUT2D eigenvalue weighted by Gasteiger charge is 2.34. The minimum atomic E-state index is 0.490. The van der Waals surface area contributed by atoms with E-state index in [0.717, 1.165) is 12.1 Å². The lowest BCUT2D eigenvalue weighted by Gasteiger charge is -2.43. The lowest BCUT2D eigenvalue weighted by atomic mass is 9.90. The molecule has 0 spiro atoms. The van der Waals surface area contributed by atoms with E-state index in [-0.39, 0.29) is 0 Å². The van der Waals surface area contributed by atoms with Crippen LogP contribution in [-0.2, 0) is 0 Å². The van der Waals surface area contributed by atoms with Crippen LogP contribution in [0.15, 0.2) is 0 Å². The topological polar surface area (TPSA) is 32.5 Å². The Bertz CT molecular complexity index is 235. The molecule has 1 aliphatic carbocycles. The largest absolute Gasteiger partial charge is 0.328 e. The number of nitrogens with zero attached hydrogens (tertiary/aromatic N) is 2. The molecule has 3 rings (SSSR count). The van der Waals surface area contributed by atoms with E-state index in [2.05, 4.69) is 9.80 Å². The summed E-state index contributed by atoms with van der Waals surface area (Å²) in [6.45, 7) is 5.30. The molecule has 92 valence electrons. The zero-order valence-electron chi connectivity index (χ0n) is 10.3. The van der Waals surface area contributed by atoms with Crippen LogP contribution in [0.1, 0.15) is 38.5 Å². The maximum absolute atomic E-state index is 5.99. The fourth-order valence-electron chi connectivity index (χ4n) is 3.81. The Labute approximate surface area is 99.0 Å². The van der Waals surface area contributed by atoms with Crippen molar-refractivity contribution < 1.29 is 0 Å². The van der Waals surface area contributed by atoms with Gasteiger partial charge in [0.2, 0.25) is 0 Å². The Morgan fingerprint density at radius 1 is 0.750 bits per heavy atom. The fraction of sp³-hybridized carbons (Fsp3) is 1.00. The highest BCUT2D eigenvalue weighted by molar-refractivity contribution is 4.91. The predicted octanol–water partition coefficient (Wildman–Crippen LogP) is 1.04. The van der Waals surface area contributed by atoms with Gasteiger partial charge in [-0.25, -0.2) is 0 Å². The Morgan fingerprint density at radius 2 is 1.50 bits per heavy atom. The van der Waals surface area contributed by atoms with E-state index in [9.17, 15) is 0 Å². The van der Waals surface area contributed by atoms with Crippen molar-refractivity contribution in [2.24, 2.45) is 5.73 Å². The second-order valence-corrected chi connectivity index (χ2v) is 5.90. The van der Waals surface area contributed by atoms with E-state index < -0.39 is 0 Å². The van der Waals surface area contributed by atoms with Crippen LogP contribution in [0.4, 0.5) is 0 Å². The van der Waals surface area contributed by atoms with Gasteiger partial charge in [-0.1, -0.05) is 0 Å². The summed E-state index contributed by atoms with van der Waals surface area (Å²) in [5.74, 6) is 0. The molecular formula is C13H25N3. The molecule has 0 aromatic carbocycles. The maximum Gasteiger partial charge on any atom is 0.0224 e. The van der Waals surface area contributed by atoms with Crippen molar-refractivity contribution in [2.75, 3.05) is 26.2 Å². The minimum Gasteiger partial charge on any atom is -0.328 e. The highest BCUT2D eigenvalue weighted by Crippen LogP contribution is 2.27. The summed E-state index contributed by atoms with van der Waals surface area (Å²) in [5, 5.41) is 0. The summed E-state index contributed by atoms with van der Waals surface area (Å²) in [7, 11) is 0. The van der Waals surface area contributed by atoms with E-state index in [1.807, 2.05) is 0 Å². The second-order valence-electron chi connectivity index (χ2n) is 5.90. The van der Waals surface area contributed by atoms with Gasteiger partial charge in [0.05, 0.1) is 0 Å². The van der Waals surface area contributed by atoms with Crippen LogP contribution in [0.2, 0.25) is 0 Å². The minimum absolute atomic E-state index is 0.490. The fourth-order valence-corrected chi connectivity index (χ4v) is 3.81. The summed E-state index contributed by atoms with van der Waals surface area (Å²) < 4.78 is 0. The van der Waals surface area contributed by atoms with Crippen LogP contribution < -0.4 is 5.73 Å². The third-order valence-electron chi connectivity index (χ3n) is 4.88. The van der Waals surface area contributed by atoms with Gasteiger partial charge in [-0.15, -0.1) is 0 Å². The molecule has 2 aliphatic heterocycles. The molecule has 0 radical (unpaired) electrons. The van der Waals surface area contributed by atoms with Crippen LogP contribution in [0.3, 0.4) is 0 Å². The number of hydrogen-bond donors (Lipinski definition) is 1. The molecule has 3 aliphatic rings. The van der Waals surface area contributed by atoms with Gasteiger partial charge < -0.3 is 5.73 Å². The molecule has 0 aromatic heterocycles. The normalized spacial score (nSPS) is 42.2. The first-order valence-corrected chi connectivity index (χ1v) is 7.06. The molecule has 3 heteroatoms. The van der Waals surface area contributed by atoms with Gasteiger partial charge in [-0.3, -0.25) is 9.80 Å². The molecule has 0 aromatic rings. The van der Waals surface area contributed by atoms with Crippen molar-refractivity contribution in [3.63, 3.8) is 0 Å². The lowest BCUT2D eigenvalue weighted by Crippen LogP contribution is -2.54. The van der Waals surface area contributed by atoms with Crippen molar-refractivity contribution in [1.29, 1.82) is 0 Å². The molecule has 2 heterocycles. The van der Waals surface area contributed by atoms with E-state index in [1.54, 1.807) is 0 Å². The SMILES string of the molecule is NC1CCC(N2CCN3CCCC3C2)CC1. The number of nitrogens with two attached hydrogens (primary N) is 1. The third kappa shape index (κ3) is 2.13. The first kappa shape index (κ1) is 11.0. The summed E-state index contributed by atoms with van der Waals surface area (Å²) in [4.78, 5) is 5.46. The van der Waals surface area contributed by atoms with Crippen LogP contribution in [0.25, 0.3) is 0 Å². The summed E-state index contributed by atoms with van der Waals surface area (Å²) >= 11 is 0. The Morgan fingerprint density at radius 3 is 2.31 bits per heavy atom. The molecule has 1 unspecified atom stereocenters. The van der Waals surface area contributed by atoms with Crippen molar-refractivity contribution in [1.82, 2.24) is 9.80 Å². The van der Waals surface area contributed by atoms with Crippen molar-refractivity contribution in [3.05, 3.63) is 0 Å². The number of piperazine rings is 1. The number of fused-ring (bicyclic) bond motifs is 1. The lowest BCUT2D eigenvalue weighted by molar-refractivity contribution is 0.0553. The second kappa shape index (κ2) is 4.63. The summed E-state index contributed by atoms with van der Waals surface area (Å²) in [6, 6.07) is 2.22. The molecule has 1 saturated carbocycles. The third-order valence-corrected chi connectivity index (χ3v) is 4.88. The zero-order chi connectivity index (χ0) is 11.0. The molecule has 0 bridgehead atoms. The van der Waals surface area contributed by atoms with E-state index in [1.165, 1.54) is 64.7 Å². The van der Waals surface area contributed by atoms with Crippen LogP contribution in [-0.4, -0.2) is 54.1 Å². The maximum atomic E-state index is 5.99. The predicted molar refractivity (Wildman–Crippen MR) is 66.4 cm³/mol. The van der Waals surface area contributed by atoms with Gasteiger partial charge in [0.25, 0.3) is 0 Å². The van der Waals surface area contributed by atoms with Crippen molar-refractivity contribution in [3.8, 4) is 0 Å². The number of rotatable bonds is 1. The monoisotopic (exact) mass is 223 g/mol. The summed E-state index contributed by atoms with van der Waals surface area (Å²) in [5.41, 5.74) is 5.99. The van der Waals surface area contributed by atoms with Crippen molar-refractivity contribution >= 4 is 0 Å². The van der Waals surface area contributed by atoms with Gasteiger partial charge in [-0.05, 0) is 45.1 Å². The first-order valence-electron chi connectivity index (χ1n) is 7.06. The molecule has 2 saturated heterocycles. The summed E-state index contributed by atoms with van der Waals surface area (Å²) in [6.07, 6.45) is 8.03. The Hall–Kier alpha value is -0.120. The molecular weight excluding hydrogens is 198 g/mol. The highest BCUT2D eigenvalue weighted by atomic mass is 15.3. The van der Waals surface area contributed by atoms with Gasteiger partial charge in [0, 0.05) is 37.8 Å². The van der Waals surface area contributed by atoms with Gasteiger partial charge in [0.15, 0.2) is 0 Å². The standard InChI is InChI=1S/C13H25N3/c14-11-3-5-12(6-4-11)16-9-8-15-7-1-2-13(15)10-16/h11-13H,1-10,14H2. The Balaban J connectivity index is 1.55. The quantitative estimate of drug-likeness (QED) is 0.721. The first-order chi connectivity index (χ1) is 7.83. The van der Waals surface area contributed by atoms with E-state index in [4.69, 9.17) is 5.73 Å². The van der Waals surface area contributed by atoms with Crippen LogP contribution in [0, 0.1) is 0 Å². The van der Waals surface area contributed by atoms with Gasteiger partial charge in [-0.2, -0.15) is 0 Å². The number of hydrogen-bond acceptors (Lipinski definition) is 3.